The number of carbonyl (C=O) groups is 1. The molecule has 8 rings (SSSR count). The summed E-state index contributed by atoms with van der Waals surface area (Å²) in [6, 6.07) is 31.6. The number of hydrogen-bond donors (Lipinski definition) is 4. The molecule has 3 aliphatic heterocycles. The van der Waals surface area contributed by atoms with Gasteiger partial charge in [-0.25, -0.2) is 4.79 Å². The largest absolute Gasteiger partial charge is 0.506 e. The molecule has 1 amide bonds. The van der Waals surface area contributed by atoms with Crippen molar-refractivity contribution in [2.75, 3.05) is 44.2 Å². The number of hydrogen-bond acceptors (Lipinski definition) is 7. The molecule has 2 atom stereocenters. The van der Waals surface area contributed by atoms with Crippen LogP contribution in [0.1, 0.15) is 69.2 Å². The number of aromatic nitrogens is 1. The fourth-order valence-electron chi connectivity index (χ4n) is 8.57. The molecule has 3 saturated heterocycles. The molecule has 2 bridgehead atoms. The Hall–Kier alpha value is -4.94. The first kappa shape index (κ1) is 43.2. The minimum Gasteiger partial charge on any atom is -0.506 e. The lowest BCUT2D eigenvalue weighted by Crippen LogP contribution is -2.59. The van der Waals surface area contributed by atoms with Gasteiger partial charge in [-0.15, -0.1) is 0 Å². The highest BCUT2D eigenvalue weighted by molar-refractivity contribution is 6.74. The third-order valence-corrected chi connectivity index (χ3v) is 17.5. The van der Waals surface area contributed by atoms with Crippen molar-refractivity contribution >= 4 is 31.0 Å². The first-order valence-electron chi connectivity index (χ1n) is 21.7. The maximum Gasteiger partial charge on any atom is 0.412 e. The Balaban J connectivity index is 0.919. The lowest BCUT2D eigenvalue weighted by molar-refractivity contribution is 0.0837. The number of aromatic amines is 1. The minimum absolute atomic E-state index is 0.00759. The van der Waals surface area contributed by atoms with Crippen LogP contribution in [0.25, 0.3) is 22.0 Å². The number of aromatic hydroxyl groups is 1. The van der Waals surface area contributed by atoms with E-state index in [1.165, 1.54) is 11.6 Å². The van der Waals surface area contributed by atoms with Crippen LogP contribution in [0.5, 0.6) is 11.5 Å². The molecule has 0 spiro atoms. The summed E-state index contributed by atoms with van der Waals surface area (Å²) in [6.07, 6.45) is 4.45. The highest BCUT2D eigenvalue weighted by Gasteiger charge is 2.41. The van der Waals surface area contributed by atoms with Crippen molar-refractivity contribution in [3.63, 3.8) is 0 Å². The average molecular weight is 831 g/mol. The number of fused-ring (bicyclic) bond motifs is 4. The Bertz CT molecular complexity index is 2280. The van der Waals surface area contributed by atoms with E-state index in [-0.39, 0.29) is 28.5 Å². The van der Waals surface area contributed by atoms with Gasteiger partial charge in [-0.2, -0.15) is 0 Å². The molecule has 10 nitrogen and oxygen atoms in total. The zero-order valence-electron chi connectivity index (χ0n) is 35.9. The Morgan fingerprint density at radius 3 is 2.35 bits per heavy atom. The summed E-state index contributed by atoms with van der Waals surface area (Å²) < 4.78 is 13.1. The van der Waals surface area contributed by atoms with Gasteiger partial charge in [0.05, 0.1) is 30.0 Å². The molecule has 0 aliphatic carbocycles. The van der Waals surface area contributed by atoms with Crippen LogP contribution in [-0.4, -0.2) is 79.9 Å². The molecule has 4 aromatic carbocycles. The van der Waals surface area contributed by atoms with Gasteiger partial charge >= 0.3 is 6.09 Å². The van der Waals surface area contributed by atoms with Crippen LogP contribution in [0.4, 0.5) is 10.5 Å². The number of anilines is 1. The number of carboxylic acid groups (broad SMARTS) is 1. The molecule has 3 aliphatic rings. The molecule has 60 heavy (non-hydrogen) atoms. The molecule has 0 saturated carbocycles. The summed E-state index contributed by atoms with van der Waals surface area (Å²) in [5.41, 5.74) is 6.23. The van der Waals surface area contributed by atoms with E-state index in [1.54, 1.807) is 17.0 Å². The number of nitrogens with zero attached hydrogens (tertiary/aromatic N) is 2. The first-order chi connectivity index (χ1) is 28.8. The summed E-state index contributed by atoms with van der Waals surface area (Å²) >= 11 is 0. The number of pyridine rings is 1. The fourth-order valence-corrected chi connectivity index (χ4v) is 9.85. The van der Waals surface area contributed by atoms with Gasteiger partial charge in [-0.05, 0) is 135 Å². The van der Waals surface area contributed by atoms with E-state index in [0.29, 0.717) is 24.6 Å². The van der Waals surface area contributed by atoms with E-state index in [1.807, 2.05) is 36.4 Å². The summed E-state index contributed by atoms with van der Waals surface area (Å²) in [6.45, 7) is 16.0. The second-order valence-electron chi connectivity index (χ2n) is 18.1. The van der Waals surface area contributed by atoms with Crippen molar-refractivity contribution < 1.29 is 24.2 Å². The highest BCUT2D eigenvalue weighted by atomic mass is 28.4. The van der Waals surface area contributed by atoms with Crippen LogP contribution in [0.15, 0.2) is 102 Å². The van der Waals surface area contributed by atoms with Crippen LogP contribution >= 0.6 is 0 Å². The van der Waals surface area contributed by atoms with Crippen LogP contribution < -0.4 is 20.5 Å². The third-order valence-electron chi connectivity index (χ3n) is 13.0. The Kier molecular flexibility index (Phi) is 13.5. The normalized spacial score (nSPS) is 18.4. The second kappa shape index (κ2) is 18.8. The van der Waals surface area contributed by atoms with E-state index in [4.69, 9.17) is 9.16 Å². The number of unbranched alkanes of at least 4 members (excludes halogenated alkanes) is 1. The number of amides is 1. The van der Waals surface area contributed by atoms with Crippen LogP contribution in [0, 0.1) is 5.92 Å². The van der Waals surface area contributed by atoms with Crippen LogP contribution in [0.2, 0.25) is 18.1 Å². The standard InChI is InChI=1S/C49H62N4O6Si/c1-49(2,3)60(4,5)59-45(40-20-22-44(54)47-41(40)21-23-46(55)51-47)32-50-27-24-34-14-17-38(18-15-34)58-30-10-9-11-35-16-19-39(36-12-7-6-8-13-36)42(31-35)53(48(56)57)43-33-52-28-25-37(43)26-29-52/h6-8,12-23,31,37,43,45,50,54H,9-11,24-30,32-33H2,1-5H3,(H,51,55)(H,56,57)/t43-,45-/m0/s1. The second-order valence-corrected chi connectivity index (χ2v) is 22.9. The SMILES string of the molecule is CC(C)(C)[Si](C)(C)O[C@@H](CNCCc1ccc(OCCCCc2ccc(-c3ccccc3)c(N(C(=O)O)[C@H]3CN4CCC3CC4)c2)cc1)c1ccc(O)c2[nH]c(=O)ccc12. The smallest absolute Gasteiger partial charge is 0.412 e. The van der Waals surface area contributed by atoms with Gasteiger partial charge in [0.1, 0.15) is 11.5 Å². The number of phenolic OH excluding ortho intramolecular Hbond substituents is 1. The number of phenols is 1. The van der Waals surface area contributed by atoms with Crippen molar-refractivity contribution in [1.29, 1.82) is 0 Å². The maximum atomic E-state index is 13.0. The Morgan fingerprint density at radius 2 is 1.67 bits per heavy atom. The van der Waals surface area contributed by atoms with E-state index >= 15 is 0 Å². The summed E-state index contributed by atoms with van der Waals surface area (Å²) in [4.78, 5) is 31.9. The maximum absolute atomic E-state index is 13.0. The van der Waals surface area contributed by atoms with Gasteiger partial charge in [0.25, 0.3) is 0 Å². The monoisotopic (exact) mass is 830 g/mol. The van der Waals surface area contributed by atoms with E-state index in [2.05, 4.69) is 91.5 Å². The van der Waals surface area contributed by atoms with Crippen molar-refractivity contribution in [3.8, 4) is 22.6 Å². The van der Waals surface area contributed by atoms with E-state index in [0.717, 1.165) is 104 Å². The van der Waals surface area contributed by atoms with Crippen LogP contribution in [-0.2, 0) is 17.3 Å². The van der Waals surface area contributed by atoms with Gasteiger partial charge in [-0.1, -0.05) is 81.4 Å². The van der Waals surface area contributed by atoms with Crippen molar-refractivity contribution in [3.05, 3.63) is 124 Å². The summed E-state index contributed by atoms with van der Waals surface area (Å²) in [5.74, 6) is 1.28. The predicted molar refractivity (Wildman–Crippen MR) is 244 cm³/mol. The Labute approximate surface area is 355 Å². The number of aryl methyl sites for hydroxylation is 1. The molecule has 4 N–H and O–H groups in total. The van der Waals surface area contributed by atoms with Crippen LogP contribution in [0.3, 0.4) is 0 Å². The molecule has 0 radical (unpaired) electrons. The zero-order chi connectivity index (χ0) is 42.4. The summed E-state index contributed by atoms with van der Waals surface area (Å²) in [5, 5.41) is 25.6. The lowest BCUT2D eigenvalue weighted by atomic mass is 9.82. The molecule has 1 aromatic heterocycles. The molecule has 0 unspecified atom stereocenters. The predicted octanol–water partition coefficient (Wildman–Crippen LogP) is 9.78. The van der Waals surface area contributed by atoms with E-state index in [9.17, 15) is 19.8 Å². The topological polar surface area (TPSA) is 127 Å². The molecular formula is C49H62N4O6Si. The van der Waals surface area contributed by atoms with Crippen molar-refractivity contribution in [1.82, 2.24) is 15.2 Å². The van der Waals surface area contributed by atoms with Gasteiger partial charge in [0.15, 0.2) is 8.32 Å². The van der Waals surface area contributed by atoms with Gasteiger partial charge in [0.2, 0.25) is 5.56 Å². The number of benzene rings is 4. The van der Waals surface area contributed by atoms with Gasteiger partial charge < -0.3 is 34.6 Å². The Morgan fingerprint density at radius 1 is 0.933 bits per heavy atom. The number of rotatable bonds is 17. The molecule has 11 heteroatoms. The van der Waals surface area contributed by atoms with Crippen molar-refractivity contribution in [2.45, 2.75) is 89.6 Å². The quantitative estimate of drug-likeness (QED) is 0.0539. The zero-order valence-corrected chi connectivity index (χ0v) is 36.9. The van der Waals surface area contributed by atoms with Gasteiger partial charge in [-0.3, -0.25) is 9.69 Å². The van der Waals surface area contributed by atoms with Gasteiger partial charge in [0, 0.05) is 30.1 Å². The minimum atomic E-state index is -2.17. The fraction of sp³-hybridized carbons (Fsp3) is 0.429. The molecule has 3 fully saturated rings. The number of H-pyrrole nitrogens is 1. The lowest BCUT2D eigenvalue weighted by Gasteiger charge is -2.48. The molecule has 4 heterocycles. The average Bonchev–Trinajstić information content (AvgIpc) is 3.23. The van der Waals surface area contributed by atoms with E-state index < -0.39 is 14.4 Å². The first-order valence-corrected chi connectivity index (χ1v) is 24.6. The molecule has 318 valence electrons. The third kappa shape index (κ3) is 10.1. The number of nitrogens with one attached hydrogen (secondary N) is 2. The molecule has 5 aromatic rings. The highest BCUT2D eigenvalue weighted by Crippen LogP contribution is 2.42. The molecular weight excluding hydrogens is 769 g/mol. The number of piperidine rings is 3. The summed E-state index contributed by atoms with van der Waals surface area (Å²) in [7, 11) is -2.17. The van der Waals surface area contributed by atoms with Crippen molar-refractivity contribution in [2.24, 2.45) is 5.92 Å². The number of ether oxygens (including phenoxy) is 1.